The van der Waals surface area contributed by atoms with Crippen molar-refractivity contribution in [2.24, 2.45) is 0 Å². The second-order valence-corrected chi connectivity index (χ2v) is 5.09. The van der Waals surface area contributed by atoms with Crippen molar-refractivity contribution in [3.05, 3.63) is 21.9 Å². The molecule has 1 rings (SSSR count). The Bertz CT molecular complexity index is 351. The van der Waals surface area contributed by atoms with E-state index in [1.807, 2.05) is 6.07 Å². The van der Waals surface area contributed by atoms with Gasteiger partial charge in [0.1, 0.15) is 4.88 Å². The zero-order valence-corrected chi connectivity index (χ0v) is 10.9. The molecular weight excluding hydrogens is 238 g/mol. The summed E-state index contributed by atoms with van der Waals surface area (Å²) in [5.74, 6) is -0.872. The first-order valence-electron chi connectivity index (χ1n) is 5.82. The minimum Gasteiger partial charge on any atom is -0.477 e. The largest absolute Gasteiger partial charge is 0.477 e. The fourth-order valence-corrected chi connectivity index (χ4v) is 2.48. The Morgan fingerprint density at radius 3 is 2.71 bits per heavy atom. The van der Waals surface area contributed by atoms with Gasteiger partial charge in [-0.1, -0.05) is 13.3 Å². The Labute approximate surface area is 106 Å². The van der Waals surface area contributed by atoms with E-state index in [1.165, 1.54) is 11.3 Å². The highest BCUT2D eigenvalue weighted by Crippen LogP contribution is 2.18. The lowest BCUT2D eigenvalue weighted by molar-refractivity contribution is 0.0702. The van der Waals surface area contributed by atoms with Crippen LogP contribution in [0.5, 0.6) is 0 Å². The second-order valence-electron chi connectivity index (χ2n) is 3.92. The fourth-order valence-electron chi connectivity index (χ4n) is 1.59. The van der Waals surface area contributed by atoms with E-state index < -0.39 is 5.97 Å². The van der Waals surface area contributed by atoms with Crippen LogP contribution in [0.15, 0.2) is 12.1 Å². The molecule has 1 aromatic rings. The molecule has 1 aromatic heterocycles. The maximum atomic E-state index is 10.8. The number of carbonyl (C=O) groups is 1. The van der Waals surface area contributed by atoms with Gasteiger partial charge in [-0.2, -0.15) is 0 Å². The average Bonchev–Trinajstić information content (AvgIpc) is 2.75. The number of aliphatic hydroxyl groups excluding tert-OH is 1. The highest BCUT2D eigenvalue weighted by Gasteiger charge is 2.10. The summed E-state index contributed by atoms with van der Waals surface area (Å²) in [7, 11) is 0. The maximum absolute atomic E-state index is 10.8. The van der Waals surface area contributed by atoms with Gasteiger partial charge in [-0.3, -0.25) is 4.90 Å². The maximum Gasteiger partial charge on any atom is 0.345 e. The lowest BCUT2D eigenvalue weighted by atomic mass is 10.3. The van der Waals surface area contributed by atoms with Crippen molar-refractivity contribution in [1.82, 2.24) is 4.90 Å². The molecule has 0 saturated carbocycles. The summed E-state index contributed by atoms with van der Waals surface area (Å²) in [6.45, 7) is 4.57. The van der Waals surface area contributed by atoms with E-state index in [-0.39, 0.29) is 6.61 Å². The standard InChI is InChI=1S/C12H19NO3S/c1-2-3-6-13(7-8-14)9-10-4-5-11(17-10)12(15)16/h4-5,14H,2-3,6-9H2,1H3,(H,15,16). The summed E-state index contributed by atoms with van der Waals surface area (Å²) < 4.78 is 0. The molecule has 0 spiro atoms. The molecule has 0 aliphatic carbocycles. The first-order valence-corrected chi connectivity index (χ1v) is 6.64. The van der Waals surface area contributed by atoms with Crippen LogP contribution in [0.25, 0.3) is 0 Å². The van der Waals surface area contributed by atoms with Crippen molar-refractivity contribution >= 4 is 17.3 Å². The van der Waals surface area contributed by atoms with Crippen LogP contribution >= 0.6 is 11.3 Å². The summed E-state index contributed by atoms with van der Waals surface area (Å²) >= 11 is 1.31. The molecule has 0 aromatic carbocycles. The number of rotatable bonds is 8. The lowest BCUT2D eigenvalue weighted by Gasteiger charge is -2.19. The van der Waals surface area contributed by atoms with Crippen LogP contribution in [-0.4, -0.2) is 40.8 Å². The number of hydrogen-bond donors (Lipinski definition) is 2. The number of hydrogen-bond acceptors (Lipinski definition) is 4. The summed E-state index contributed by atoms with van der Waals surface area (Å²) in [6, 6.07) is 3.49. The molecule has 1 heterocycles. The Kier molecular flexibility index (Phi) is 6.18. The molecule has 17 heavy (non-hydrogen) atoms. The molecule has 4 nitrogen and oxygen atoms in total. The van der Waals surface area contributed by atoms with E-state index in [4.69, 9.17) is 10.2 Å². The third kappa shape index (κ3) is 4.85. The number of thiophene rings is 1. The third-order valence-electron chi connectivity index (χ3n) is 2.50. The van der Waals surface area contributed by atoms with E-state index in [0.29, 0.717) is 11.4 Å². The second kappa shape index (κ2) is 7.42. The van der Waals surface area contributed by atoms with Crippen molar-refractivity contribution < 1.29 is 15.0 Å². The zero-order chi connectivity index (χ0) is 12.7. The highest BCUT2D eigenvalue weighted by molar-refractivity contribution is 7.13. The van der Waals surface area contributed by atoms with Gasteiger partial charge in [0.15, 0.2) is 0 Å². The molecule has 2 N–H and O–H groups in total. The highest BCUT2D eigenvalue weighted by atomic mass is 32.1. The Morgan fingerprint density at radius 1 is 1.41 bits per heavy atom. The molecule has 0 saturated heterocycles. The van der Waals surface area contributed by atoms with Crippen LogP contribution in [0.4, 0.5) is 0 Å². The topological polar surface area (TPSA) is 60.8 Å². The van der Waals surface area contributed by atoms with Crippen LogP contribution in [0.3, 0.4) is 0 Å². The quantitative estimate of drug-likeness (QED) is 0.748. The van der Waals surface area contributed by atoms with Crippen LogP contribution in [0.1, 0.15) is 34.3 Å². The zero-order valence-electron chi connectivity index (χ0n) is 10.1. The minimum atomic E-state index is -0.872. The molecule has 5 heteroatoms. The molecule has 0 amide bonds. The van der Waals surface area contributed by atoms with Gasteiger partial charge >= 0.3 is 5.97 Å². The van der Waals surface area contributed by atoms with Gasteiger partial charge in [-0.15, -0.1) is 11.3 Å². The smallest absolute Gasteiger partial charge is 0.345 e. The SMILES string of the molecule is CCCCN(CCO)Cc1ccc(C(=O)O)s1. The number of unbranched alkanes of at least 4 members (excludes halogenated alkanes) is 1. The first kappa shape index (κ1) is 14.2. The molecule has 0 aliphatic heterocycles. The van der Waals surface area contributed by atoms with Crippen LogP contribution in [0, 0.1) is 0 Å². The number of nitrogens with zero attached hydrogens (tertiary/aromatic N) is 1. The molecular formula is C12H19NO3S. The first-order chi connectivity index (χ1) is 8.17. The minimum absolute atomic E-state index is 0.140. The van der Waals surface area contributed by atoms with Crippen molar-refractivity contribution in [2.75, 3.05) is 19.7 Å². The van der Waals surface area contributed by atoms with Crippen molar-refractivity contribution in [2.45, 2.75) is 26.3 Å². The normalized spacial score (nSPS) is 11.0. The van der Waals surface area contributed by atoms with E-state index in [1.54, 1.807) is 6.07 Å². The molecule has 0 aliphatic rings. The van der Waals surface area contributed by atoms with Gasteiger partial charge < -0.3 is 10.2 Å². The molecule has 0 unspecified atom stereocenters. The van der Waals surface area contributed by atoms with Gasteiger partial charge in [0, 0.05) is 18.0 Å². The summed E-state index contributed by atoms with van der Waals surface area (Å²) in [5.41, 5.74) is 0. The number of carboxylic acid groups (broad SMARTS) is 1. The van der Waals surface area contributed by atoms with Gasteiger partial charge in [0.25, 0.3) is 0 Å². The summed E-state index contributed by atoms with van der Waals surface area (Å²) in [6.07, 6.45) is 2.21. The van der Waals surface area contributed by atoms with E-state index >= 15 is 0 Å². The van der Waals surface area contributed by atoms with Crippen molar-refractivity contribution in [3.63, 3.8) is 0 Å². The number of aliphatic hydroxyl groups is 1. The third-order valence-corrected chi connectivity index (χ3v) is 3.55. The number of carboxylic acids is 1. The van der Waals surface area contributed by atoms with Crippen LogP contribution < -0.4 is 0 Å². The fraction of sp³-hybridized carbons (Fsp3) is 0.583. The van der Waals surface area contributed by atoms with Crippen molar-refractivity contribution in [1.29, 1.82) is 0 Å². The molecule has 0 radical (unpaired) electrons. The summed E-state index contributed by atoms with van der Waals surface area (Å²) in [5, 5.41) is 17.8. The molecule has 0 atom stereocenters. The van der Waals surface area contributed by atoms with Gasteiger partial charge in [-0.05, 0) is 25.1 Å². The van der Waals surface area contributed by atoms with Crippen LogP contribution in [0.2, 0.25) is 0 Å². The number of aromatic carboxylic acids is 1. The van der Waals surface area contributed by atoms with E-state index in [9.17, 15) is 4.79 Å². The Morgan fingerprint density at radius 2 is 2.18 bits per heavy atom. The van der Waals surface area contributed by atoms with Gasteiger partial charge in [0.05, 0.1) is 6.61 Å². The predicted octanol–water partition coefficient (Wildman–Crippen LogP) is 2.04. The van der Waals surface area contributed by atoms with Crippen molar-refractivity contribution in [3.8, 4) is 0 Å². The van der Waals surface area contributed by atoms with E-state index in [2.05, 4.69) is 11.8 Å². The average molecular weight is 257 g/mol. The van der Waals surface area contributed by atoms with Crippen LogP contribution in [-0.2, 0) is 6.54 Å². The van der Waals surface area contributed by atoms with Gasteiger partial charge in [-0.25, -0.2) is 4.79 Å². The monoisotopic (exact) mass is 257 g/mol. The predicted molar refractivity (Wildman–Crippen MR) is 68.5 cm³/mol. The van der Waals surface area contributed by atoms with E-state index in [0.717, 1.165) is 30.8 Å². The Balaban J connectivity index is 2.55. The summed E-state index contributed by atoms with van der Waals surface area (Å²) in [4.78, 5) is 14.3. The van der Waals surface area contributed by atoms with Gasteiger partial charge in [0.2, 0.25) is 0 Å². The molecule has 0 fully saturated rings. The molecule has 96 valence electrons. The Hall–Kier alpha value is -0.910. The lowest BCUT2D eigenvalue weighted by Crippen LogP contribution is -2.27. The molecule has 0 bridgehead atoms.